The lowest BCUT2D eigenvalue weighted by Gasteiger charge is -2.34. The predicted octanol–water partition coefficient (Wildman–Crippen LogP) is 3.11. The third-order valence-corrected chi connectivity index (χ3v) is 5.46. The highest BCUT2D eigenvalue weighted by Gasteiger charge is 2.37. The summed E-state index contributed by atoms with van der Waals surface area (Å²) in [5.74, 6) is 0. The standard InChI is InChI=1S/C20H26N4/c1-3-11-21-17(7-1)15-23-13-5-9-19(23)20-10-6-14-24(20)16-18-8-2-4-12-22-18/h1-4,7-8,11-12,19-20H,5-6,9-10,13-16H2/t19-,20-/m0/s1. The van der Waals surface area contributed by atoms with Crippen molar-refractivity contribution in [1.29, 1.82) is 0 Å². The van der Waals surface area contributed by atoms with Crippen LogP contribution in [0.1, 0.15) is 37.1 Å². The molecule has 4 rings (SSSR count). The molecular formula is C20H26N4. The minimum Gasteiger partial charge on any atom is -0.293 e. The van der Waals surface area contributed by atoms with Crippen molar-refractivity contribution in [3.05, 3.63) is 60.2 Å². The number of aromatic nitrogens is 2. The van der Waals surface area contributed by atoms with E-state index < -0.39 is 0 Å². The normalized spacial score (nSPS) is 25.3. The fourth-order valence-electron chi connectivity index (χ4n) is 4.37. The minimum absolute atomic E-state index is 0.665. The van der Waals surface area contributed by atoms with Crippen LogP contribution in [0.15, 0.2) is 48.8 Å². The third kappa shape index (κ3) is 3.50. The summed E-state index contributed by atoms with van der Waals surface area (Å²) in [5, 5.41) is 0. The minimum atomic E-state index is 0.665. The van der Waals surface area contributed by atoms with Crippen LogP contribution < -0.4 is 0 Å². The Labute approximate surface area is 144 Å². The predicted molar refractivity (Wildman–Crippen MR) is 95.3 cm³/mol. The summed E-state index contributed by atoms with van der Waals surface area (Å²) in [5.41, 5.74) is 2.39. The van der Waals surface area contributed by atoms with Gasteiger partial charge in [0.15, 0.2) is 0 Å². The van der Waals surface area contributed by atoms with Gasteiger partial charge in [0.1, 0.15) is 0 Å². The first-order valence-electron chi connectivity index (χ1n) is 9.18. The maximum atomic E-state index is 4.52. The first-order valence-corrected chi connectivity index (χ1v) is 9.18. The van der Waals surface area contributed by atoms with E-state index in [1.807, 2.05) is 24.5 Å². The van der Waals surface area contributed by atoms with Gasteiger partial charge in [0.25, 0.3) is 0 Å². The van der Waals surface area contributed by atoms with Gasteiger partial charge in [-0.1, -0.05) is 12.1 Å². The molecule has 24 heavy (non-hydrogen) atoms. The zero-order valence-corrected chi connectivity index (χ0v) is 14.2. The molecule has 2 atom stereocenters. The van der Waals surface area contributed by atoms with Gasteiger partial charge in [0.2, 0.25) is 0 Å². The molecular weight excluding hydrogens is 296 g/mol. The van der Waals surface area contributed by atoms with E-state index in [-0.39, 0.29) is 0 Å². The second-order valence-electron chi connectivity index (χ2n) is 7.00. The summed E-state index contributed by atoms with van der Waals surface area (Å²) in [6.45, 7) is 4.38. The quantitative estimate of drug-likeness (QED) is 0.847. The van der Waals surface area contributed by atoms with E-state index in [4.69, 9.17) is 0 Å². The van der Waals surface area contributed by atoms with Crippen molar-refractivity contribution in [2.75, 3.05) is 13.1 Å². The molecule has 0 unspecified atom stereocenters. The van der Waals surface area contributed by atoms with E-state index in [9.17, 15) is 0 Å². The lowest BCUT2D eigenvalue weighted by atomic mass is 10.0. The summed E-state index contributed by atoms with van der Waals surface area (Å²) in [4.78, 5) is 14.4. The first-order chi connectivity index (χ1) is 11.9. The van der Waals surface area contributed by atoms with E-state index in [1.54, 1.807) is 0 Å². The fraction of sp³-hybridized carbons (Fsp3) is 0.500. The summed E-state index contributed by atoms with van der Waals surface area (Å²) in [7, 11) is 0. The van der Waals surface area contributed by atoms with Crippen LogP contribution in [-0.4, -0.2) is 44.9 Å². The maximum absolute atomic E-state index is 4.52. The molecule has 4 nitrogen and oxygen atoms in total. The van der Waals surface area contributed by atoms with Crippen molar-refractivity contribution in [1.82, 2.24) is 19.8 Å². The Hall–Kier alpha value is -1.78. The van der Waals surface area contributed by atoms with Crippen LogP contribution in [0.2, 0.25) is 0 Å². The SMILES string of the molecule is c1ccc(CN2CCC[C@H]2[C@@H]2CCCN2Cc2ccccn2)nc1. The van der Waals surface area contributed by atoms with E-state index in [0.717, 1.165) is 13.1 Å². The van der Waals surface area contributed by atoms with E-state index in [2.05, 4.69) is 44.0 Å². The summed E-state index contributed by atoms with van der Waals surface area (Å²) in [6, 6.07) is 13.8. The summed E-state index contributed by atoms with van der Waals surface area (Å²) in [6.07, 6.45) is 9.07. The highest BCUT2D eigenvalue weighted by Crippen LogP contribution is 2.31. The van der Waals surface area contributed by atoms with Crippen molar-refractivity contribution in [2.24, 2.45) is 0 Å². The molecule has 0 amide bonds. The Bertz CT molecular complexity index is 573. The molecule has 4 heterocycles. The first kappa shape index (κ1) is 15.7. The fourth-order valence-corrected chi connectivity index (χ4v) is 4.37. The number of rotatable bonds is 5. The molecule has 0 aliphatic carbocycles. The van der Waals surface area contributed by atoms with Crippen molar-refractivity contribution in [2.45, 2.75) is 50.9 Å². The van der Waals surface area contributed by atoms with Crippen LogP contribution >= 0.6 is 0 Å². The maximum Gasteiger partial charge on any atom is 0.0544 e. The Kier molecular flexibility index (Phi) is 4.86. The van der Waals surface area contributed by atoms with Gasteiger partial charge in [-0.2, -0.15) is 0 Å². The number of pyridine rings is 2. The molecule has 0 N–H and O–H groups in total. The van der Waals surface area contributed by atoms with Crippen LogP contribution in [0.5, 0.6) is 0 Å². The van der Waals surface area contributed by atoms with Crippen LogP contribution in [0.4, 0.5) is 0 Å². The second-order valence-corrected chi connectivity index (χ2v) is 7.00. The highest BCUT2D eigenvalue weighted by atomic mass is 15.3. The van der Waals surface area contributed by atoms with Crippen LogP contribution in [0, 0.1) is 0 Å². The van der Waals surface area contributed by atoms with E-state index >= 15 is 0 Å². The van der Waals surface area contributed by atoms with Crippen molar-refractivity contribution in [3.8, 4) is 0 Å². The van der Waals surface area contributed by atoms with Gasteiger partial charge in [-0.15, -0.1) is 0 Å². The molecule has 0 radical (unpaired) electrons. The molecule has 0 aromatic carbocycles. The van der Waals surface area contributed by atoms with Gasteiger partial charge in [-0.05, 0) is 63.0 Å². The van der Waals surface area contributed by atoms with E-state index in [0.29, 0.717) is 12.1 Å². The molecule has 2 aromatic heterocycles. The van der Waals surface area contributed by atoms with Crippen molar-refractivity contribution < 1.29 is 0 Å². The molecule has 2 fully saturated rings. The van der Waals surface area contributed by atoms with Gasteiger partial charge in [0.05, 0.1) is 11.4 Å². The molecule has 4 heteroatoms. The van der Waals surface area contributed by atoms with E-state index in [1.165, 1.54) is 50.2 Å². The highest BCUT2D eigenvalue weighted by molar-refractivity contribution is 5.07. The zero-order chi connectivity index (χ0) is 16.2. The molecule has 0 spiro atoms. The van der Waals surface area contributed by atoms with Crippen LogP contribution in [0.3, 0.4) is 0 Å². The Balaban J connectivity index is 1.44. The largest absolute Gasteiger partial charge is 0.293 e. The number of hydrogen-bond acceptors (Lipinski definition) is 4. The number of nitrogens with zero attached hydrogens (tertiary/aromatic N) is 4. The lowest BCUT2D eigenvalue weighted by molar-refractivity contribution is 0.122. The average Bonchev–Trinajstić information content (AvgIpc) is 3.26. The molecule has 126 valence electrons. The monoisotopic (exact) mass is 322 g/mol. The van der Waals surface area contributed by atoms with Crippen LogP contribution in [-0.2, 0) is 13.1 Å². The van der Waals surface area contributed by atoms with Crippen molar-refractivity contribution in [3.63, 3.8) is 0 Å². The third-order valence-electron chi connectivity index (χ3n) is 5.46. The zero-order valence-electron chi connectivity index (χ0n) is 14.2. The second kappa shape index (κ2) is 7.41. The summed E-state index contributed by atoms with van der Waals surface area (Å²) < 4.78 is 0. The van der Waals surface area contributed by atoms with Crippen molar-refractivity contribution >= 4 is 0 Å². The van der Waals surface area contributed by atoms with Gasteiger partial charge >= 0.3 is 0 Å². The lowest BCUT2D eigenvalue weighted by Crippen LogP contribution is -2.45. The van der Waals surface area contributed by atoms with Gasteiger partial charge in [-0.25, -0.2) is 0 Å². The van der Waals surface area contributed by atoms with Gasteiger partial charge < -0.3 is 0 Å². The topological polar surface area (TPSA) is 32.3 Å². The van der Waals surface area contributed by atoms with Gasteiger partial charge in [-0.3, -0.25) is 19.8 Å². The molecule has 0 bridgehead atoms. The molecule has 2 aliphatic heterocycles. The molecule has 2 aromatic rings. The van der Waals surface area contributed by atoms with Gasteiger partial charge in [0, 0.05) is 37.6 Å². The molecule has 2 saturated heterocycles. The summed E-state index contributed by atoms with van der Waals surface area (Å²) >= 11 is 0. The molecule has 2 aliphatic rings. The molecule has 0 saturated carbocycles. The Morgan fingerprint density at radius 1 is 0.750 bits per heavy atom. The Morgan fingerprint density at radius 2 is 1.25 bits per heavy atom. The number of likely N-dealkylation sites (tertiary alicyclic amines) is 2. The Morgan fingerprint density at radius 3 is 1.67 bits per heavy atom. The smallest absolute Gasteiger partial charge is 0.0544 e. The number of hydrogen-bond donors (Lipinski definition) is 0. The average molecular weight is 322 g/mol. The van der Waals surface area contributed by atoms with Crippen LogP contribution in [0.25, 0.3) is 0 Å².